The molecule has 0 aliphatic rings. The van der Waals surface area contributed by atoms with Crippen LogP contribution in [-0.4, -0.2) is 24.6 Å². The molecule has 0 radical (unpaired) electrons. The number of methoxy groups -OCH3 is 1. The molecule has 2 aromatic rings. The summed E-state index contributed by atoms with van der Waals surface area (Å²) in [5.41, 5.74) is 4.38. The molecule has 142 valence electrons. The fraction of sp³-hybridized carbons (Fsp3) is 0.200. The van der Waals surface area contributed by atoms with Crippen molar-refractivity contribution in [3.63, 3.8) is 0 Å². The largest absolute Gasteiger partial charge is 0.467 e. The topological polar surface area (TPSA) is 78.6 Å². The van der Waals surface area contributed by atoms with Gasteiger partial charge in [-0.1, -0.05) is 60.7 Å². The first-order valence-electron chi connectivity index (χ1n) is 8.06. The van der Waals surface area contributed by atoms with E-state index in [4.69, 9.17) is 10.5 Å². The summed E-state index contributed by atoms with van der Waals surface area (Å²) in [6, 6.07) is 16.7. The van der Waals surface area contributed by atoms with Gasteiger partial charge in [0.15, 0.2) is 11.4 Å². The molecule has 2 aromatic carbocycles. The van der Waals surface area contributed by atoms with Crippen molar-refractivity contribution in [3.05, 3.63) is 83.4 Å². The Morgan fingerprint density at radius 3 is 2.00 bits per heavy atom. The zero-order chi connectivity index (χ0) is 19.9. The highest BCUT2D eigenvalue weighted by Crippen LogP contribution is 2.27. The Morgan fingerprint density at radius 2 is 1.48 bits per heavy atom. The number of hydrogen-bond acceptors (Lipinski definition) is 5. The molecule has 0 spiro atoms. The summed E-state index contributed by atoms with van der Waals surface area (Å²) in [6.07, 6.45) is -0.397. The molecule has 0 fully saturated rings. The molecule has 0 bridgehead atoms. The Hall–Kier alpha value is -3.06. The van der Waals surface area contributed by atoms with E-state index in [1.165, 1.54) is 0 Å². The molecular formula is C20H19F2NO4. The molecular weight excluding hydrogens is 356 g/mol. The summed E-state index contributed by atoms with van der Waals surface area (Å²) < 4.78 is 38.3. The van der Waals surface area contributed by atoms with Crippen molar-refractivity contribution in [2.75, 3.05) is 7.11 Å². The van der Waals surface area contributed by atoms with E-state index in [0.717, 1.165) is 7.11 Å². The van der Waals surface area contributed by atoms with E-state index in [-0.39, 0.29) is 6.61 Å². The molecule has 1 atom stereocenters. The van der Waals surface area contributed by atoms with Crippen LogP contribution in [0.25, 0.3) is 0 Å². The molecule has 0 aliphatic carbocycles. The van der Waals surface area contributed by atoms with Crippen molar-refractivity contribution in [1.29, 1.82) is 0 Å². The lowest BCUT2D eigenvalue weighted by atomic mass is 9.90. The van der Waals surface area contributed by atoms with Crippen molar-refractivity contribution in [1.82, 2.24) is 0 Å². The number of benzene rings is 2. The highest BCUT2D eigenvalue weighted by atomic mass is 19.2. The average molecular weight is 375 g/mol. The normalized spacial score (nSPS) is 13.9. The van der Waals surface area contributed by atoms with Crippen LogP contribution in [0.5, 0.6) is 0 Å². The number of carbonyl (C=O) groups excluding carboxylic acids is 2. The van der Waals surface area contributed by atoms with Crippen molar-refractivity contribution in [3.8, 4) is 0 Å². The molecule has 1 unspecified atom stereocenters. The molecule has 0 aliphatic heterocycles. The number of ether oxygens (including phenoxy) is 2. The third-order valence-electron chi connectivity index (χ3n) is 3.85. The first-order valence-corrected chi connectivity index (χ1v) is 8.06. The monoisotopic (exact) mass is 375 g/mol. The summed E-state index contributed by atoms with van der Waals surface area (Å²) in [7, 11) is 0.994. The first kappa shape index (κ1) is 20.3. The minimum atomic E-state index is -2.49. The fourth-order valence-corrected chi connectivity index (χ4v) is 2.41. The van der Waals surface area contributed by atoms with Crippen LogP contribution in [0.4, 0.5) is 8.78 Å². The van der Waals surface area contributed by atoms with E-state index in [0.29, 0.717) is 11.1 Å². The minimum Gasteiger partial charge on any atom is -0.467 e. The summed E-state index contributed by atoms with van der Waals surface area (Å²) in [6.45, 7) is -0.255. The third kappa shape index (κ3) is 4.98. The van der Waals surface area contributed by atoms with Crippen molar-refractivity contribution in [2.45, 2.75) is 18.6 Å². The van der Waals surface area contributed by atoms with Crippen LogP contribution >= 0.6 is 0 Å². The van der Waals surface area contributed by atoms with Crippen LogP contribution in [0.1, 0.15) is 11.1 Å². The fourth-order valence-electron chi connectivity index (χ4n) is 2.41. The number of halogens is 2. The lowest BCUT2D eigenvalue weighted by Crippen LogP contribution is -2.52. The molecule has 0 amide bonds. The van der Waals surface area contributed by atoms with Gasteiger partial charge in [0.2, 0.25) is 5.83 Å². The van der Waals surface area contributed by atoms with Gasteiger partial charge in [0.1, 0.15) is 6.61 Å². The predicted molar refractivity (Wildman–Crippen MR) is 94.6 cm³/mol. The van der Waals surface area contributed by atoms with Gasteiger partial charge in [0.05, 0.1) is 7.11 Å². The lowest BCUT2D eigenvalue weighted by molar-refractivity contribution is -0.146. The predicted octanol–water partition coefficient (Wildman–Crippen LogP) is 2.99. The Bertz CT molecular complexity index is 824. The Labute approximate surface area is 155 Å². The molecule has 0 aromatic heterocycles. The van der Waals surface area contributed by atoms with Gasteiger partial charge in [-0.3, -0.25) is 0 Å². The van der Waals surface area contributed by atoms with E-state index in [9.17, 15) is 18.4 Å². The molecule has 0 saturated carbocycles. The smallest absolute Gasteiger partial charge is 0.370 e. The van der Waals surface area contributed by atoms with Gasteiger partial charge >= 0.3 is 11.9 Å². The summed E-state index contributed by atoms with van der Waals surface area (Å²) in [5, 5.41) is 0. The van der Waals surface area contributed by atoms with E-state index in [2.05, 4.69) is 4.74 Å². The Balaban J connectivity index is 2.24. The Morgan fingerprint density at radius 1 is 0.963 bits per heavy atom. The van der Waals surface area contributed by atoms with Crippen LogP contribution in [-0.2, 0) is 32.1 Å². The number of carbonyl (C=O) groups is 2. The summed E-state index contributed by atoms with van der Waals surface area (Å²) >= 11 is 0. The van der Waals surface area contributed by atoms with Gasteiger partial charge < -0.3 is 15.2 Å². The van der Waals surface area contributed by atoms with Crippen molar-refractivity contribution in [2.24, 2.45) is 5.73 Å². The molecule has 0 heterocycles. The zero-order valence-electron chi connectivity index (χ0n) is 14.7. The van der Waals surface area contributed by atoms with E-state index in [1.807, 2.05) is 0 Å². The quantitative estimate of drug-likeness (QED) is 0.595. The molecule has 7 heteroatoms. The lowest BCUT2D eigenvalue weighted by Gasteiger charge is -2.25. The highest BCUT2D eigenvalue weighted by molar-refractivity contribution is 5.91. The second kappa shape index (κ2) is 9.05. The van der Waals surface area contributed by atoms with Crippen LogP contribution in [0.15, 0.2) is 72.3 Å². The number of nitrogens with two attached hydrogens (primary N) is 1. The maximum Gasteiger partial charge on any atom is 0.370 e. The van der Waals surface area contributed by atoms with Gasteiger partial charge in [-0.2, -0.15) is 4.39 Å². The maximum atomic E-state index is 14.7. The average Bonchev–Trinajstić information content (AvgIpc) is 2.71. The standard InChI is InChI=1S/C20H19F2NO4/c1-26-19(25)20(23,12-14-8-4-2-5-9-14)17(22)16(21)18(24)27-13-15-10-6-3-7-11-15/h2-11H,12-13,23H2,1H3/b17-16+. The van der Waals surface area contributed by atoms with Gasteiger partial charge in [-0.25, -0.2) is 14.0 Å². The van der Waals surface area contributed by atoms with Gasteiger partial charge in [-0.05, 0) is 11.1 Å². The van der Waals surface area contributed by atoms with Crippen LogP contribution in [0, 0.1) is 0 Å². The van der Waals surface area contributed by atoms with Crippen LogP contribution in [0.2, 0.25) is 0 Å². The van der Waals surface area contributed by atoms with Crippen LogP contribution < -0.4 is 5.73 Å². The molecule has 5 nitrogen and oxygen atoms in total. The highest BCUT2D eigenvalue weighted by Gasteiger charge is 2.44. The molecule has 0 saturated heterocycles. The number of rotatable bonds is 7. The maximum absolute atomic E-state index is 14.7. The zero-order valence-corrected chi connectivity index (χ0v) is 14.7. The second-order valence-electron chi connectivity index (χ2n) is 5.82. The van der Waals surface area contributed by atoms with Crippen molar-refractivity contribution >= 4 is 11.9 Å². The number of esters is 2. The summed E-state index contributed by atoms with van der Waals surface area (Å²) in [5.74, 6) is -6.37. The second-order valence-corrected chi connectivity index (χ2v) is 5.82. The van der Waals surface area contributed by atoms with Crippen molar-refractivity contribution < 1.29 is 27.8 Å². The van der Waals surface area contributed by atoms with E-state index >= 15 is 0 Å². The van der Waals surface area contributed by atoms with E-state index in [1.54, 1.807) is 60.7 Å². The first-order chi connectivity index (χ1) is 12.9. The van der Waals surface area contributed by atoms with Gasteiger partial charge in [0, 0.05) is 6.42 Å². The molecule has 2 N–H and O–H groups in total. The van der Waals surface area contributed by atoms with Gasteiger partial charge in [0.25, 0.3) is 0 Å². The Kier molecular flexibility index (Phi) is 6.79. The van der Waals surface area contributed by atoms with E-state index < -0.39 is 35.6 Å². The summed E-state index contributed by atoms with van der Waals surface area (Å²) in [4.78, 5) is 23.9. The third-order valence-corrected chi connectivity index (χ3v) is 3.85. The molecule has 27 heavy (non-hydrogen) atoms. The minimum absolute atomic E-state index is 0.255. The molecule has 2 rings (SSSR count). The van der Waals surface area contributed by atoms with Crippen LogP contribution in [0.3, 0.4) is 0 Å². The van der Waals surface area contributed by atoms with Gasteiger partial charge in [-0.15, -0.1) is 0 Å². The SMILES string of the molecule is COC(=O)C(N)(Cc1ccccc1)/C(F)=C(\F)C(=O)OCc1ccccc1. The number of hydrogen-bond donors (Lipinski definition) is 1.